The highest BCUT2D eigenvalue weighted by atomic mass is 32.1. The maximum Gasteiger partial charge on any atom is 0.256 e. The van der Waals surface area contributed by atoms with E-state index in [0.29, 0.717) is 6.54 Å². The first kappa shape index (κ1) is 16.2. The highest BCUT2D eigenvalue weighted by Crippen LogP contribution is 2.36. The van der Waals surface area contributed by atoms with Crippen molar-refractivity contribution in [3.8, 4) is 0 Å². The summed E-state index contributed by atoms with van der Waals surface area (Å²) in [5, 5.41) is 2.09. The number of likely N-dealkylation sites (tertiary alicyclic amines) is 1. The average Bonchev–Trinajstić information content (AvgIpc) is 3.37. The van der Waals surface area contributed by atoms with Gasteiger partial charge in [-0.1, -0.05) is 6.07 Å². The molecule has 0 aliphatic carbocycles. The number of amides is 1. The lowest BCUT2D eigenvalue weighted by atomic mass is 10.1. The number of thiophene rings is 1. The van der Waals surface area contributed by atoms with Gasteiger partial charge in [-0.15, -0.1) is 11.3 Å². The van der Waals surface area contributed by atoms with Crippen LogP contribution in [0.2, 0.25) is 0 Å². The highest BCUT2D eigenvalue weighted by Gasteiger charge is 2.32. The largest absolute Gasteiger partial charge is 0.467 e. The van der Waals surface area contributed by atoms with Crippen molar-refractivity contribution in [2.45, 2.75) is 39.3 Å². The molecule has 5 heteroatoms. The van der Waals surface area contributed by atoms with E-state index in [2.05, 4.69) is 22.1 Å². The number of carbonyl (C=O) groups excluding carboxylic acids is 1. The van der Waals surface area contributed by atoms with Crippen LogP contribution in [0.25, 0.3) is 0 Å². The number of rotatable bonds is 4. The fourth-order valence-corrected chi connectivity index (χ4v) is 4.63. The van der Waals surface area contributed by atoms with Crippen molar-refractivity contribution in [2.24, 2.45) is 0 Å². The Kier molecular flexibility index (Phi) is 4.25. The average molecular weight is 354 g/mol. The molecule has 0 bridgehead atoms. The first-order valence-electron chi connectivity index (χ1n) is 8.68. The molecule has 3 aromatic rings. The van der Waals surface area contributed by atoms with E-state index in [-0.39, 0.29) is 11.9 Å². The van der Waals surface area contributed by atoms with Gasteiger partial charge in [-0.05, 0) is 56.3 Å². The number of hydrogen-bond acceptors (Lipinski definition) is 3. The van der Waals surface area contributed by atoms with Gasteiger partial charge in [-0.25, -0.2) is 0 Å². The Morgan fingerprint density at radius 3 is 2.92 bits per heavy atom. The first-order chi connectivity index (χ1) is 12.1. The fraction of sp³-hybridized carbons (Fsp3) is 0.350. The van der Waals surface area contributed by atoms with Crippen molar-refractivity contribution < 1.29 is 9.21 Å². The molecule has 25 heavy (non-hydrogen) atoms. The van der Waals surface area contributed by atoms with Crippen LogP contribution in [0.5, 0.6) is 0 Å². The summed E-state index contributed by atoms with van der Waals surface area (Å²) >= 11 is 1.74. The summed E-state index contributed by atoms with van der Waals surface area (Å²) < 4.78 is 7.62. The molecule has 1 aliphatic rings. The number of carbonyl (C=O) groups is 1. The van der Waals surface area contributed by atoms with Gasteiger partial charge in [0.2, 0.25) is 0 Å². The predicted molar refractivity (Wildman–Crippen MR) is 99.0 cm³/mol. The summed E-state index contributed by atoms with van der Waals surface area (Å²) in [7, 11) is 0. The molecule has 1 aliphatic heterocycles. The molecule has 0 aromatic carbocycles. The van der Waals surface area contributed by atoms with Crippen molar-refractivity contribution in [1.82, 2.24) is 9.47 Å². The molecule has 1 saturated heterocycles. The van der Waals surface area contributed by atoms with Gasteiger partial charge in [0.1, 0.15) is 5.76 Å². The number of nitrogens with zero attached hydrogens (tertiary/aromatic N) is 2. The third-order valence-corrected chi connectivity index (χ3v) is 6.06. The molecule has 0 saturated carbocycles. The molecule has 130 valence electrons. The van der Waals surface area contributed by atoms with Crippen LogP contribution < -0.4 is 0 Å². The van der Waals surface area contributed by atoms with Gasteiger partial charge in [0, 0.05) is 22.8 Å². The van der Waals surface area contributed by atoms with Crippen LogP contribution in [-0.4, -0.2) is 21.9 Å². The van der Waals surface area contributed by atoms with Crippen molar-refractivity contribution in [3.05, 3.63) is 69.6 Å². The summed E-state index contributed by atoms with van der Waals surface area (Å²) in [6, 6.07) is 10.3. The minimum Gasteiger partial charge on any atom is -0.467 e. The van der Waals surface area contributed by atoms with E-state index < -0.39 is 0 Å². The lowest BCUT2D eigenvalue weighted by Crippen LogP contribution is -2.30. The number of furan rings is 1. The number of aryl methyl sites for hydroxylation is 1. The Bertz CT molecular complexity index is 862. The molecule has 4 nitrogen and oxygen atoms in total. The van der Waals surface area contributed by atoms with E-state index in [0.717, 1.165) is 42.1 Å². The van der Waals surface area contributed by atoms with Crippen LogP contribution in [0.1, 0.15) is 51.3 Å². The topological polar surface area (TPSA) is 38.4 Å². The maximum absolute atomic E-state index is 13.2. The molecule has 1 amide bonds. The van der Waals surface area contributed by atoms with E-state index in [1.54, 1.807) is 17.6 Å². The normalized spacial score (nSPS) is 17.4. The van der Waals surface area contributed by atoms with Crippen LogP contribution in [0.3, 0.4) is 0 Å². The van der Waals surface area contributed by atoms with Gasteiger partial charge in [0.05, 0.1) is 24.4 Å². The van der Waals surface area contributed by atoms with Gasteiger partial charge in [-0.3, -0.25) is 4.79 Å². The summed E-state index contributed by atoms with van der Waals surface area (Å²) in [5.74, 6) is 1.05. The first-order valence-corrected chi connectivity index (χ1v) is 9.56. The Morgan fingerprint density at radius 2 is 2.20 bits per heavy atom. The molecule has 0 radical (unpaired) electrons. The van der Waals surface area contributed by atoms with Gasteiger partial charge < -0.3 is 13.9 Å². The number of hydrogen-bond donors (Lipinski definition) is 0. The van der Waals surface area contributed by atoms with Crippen LogP contribution in [0, 0.1) is 13.8 Å². The Balaban J connectivity index is 1.62. The quantitative estimate of drug-likeness (QED) is 0.676. The second-order valence-electron chi connectivity index (χ2n) is 6.62. The lowest BCUT2D eigenvalue weighted by molar-refractivity contribution is 0.0737. The standard InChI is InChI=1S/C20H22N2O2S/c1-14-12-17(15(2)22(14)13-16-6-4-10-24-16)20(23)21-9-3-7-18(21)19-8-5-11-25-19/h4-6,8,10-12,18H,3,7,9,13H2,1-2H3. The van der Waals surface area contributed by atoms with Crippen molar-refractivity contribution in [3.63, 3.8) is 0 Å². The van der Waals surface area contributed by atoms with Crippen molar-refractivity contribution >= 4 is 17.2 Å². The smallest absolute Gasteiger partial charge is 0.256 e. The van der Waals surface area contributed by atoms with Gasteiger partial charge in [0.25, 0.3) is 5.91 Å². The Morgan fingerprint density at radius 1 is 1.32 bits per heavy atom. The van der Waals surface area contributed by atoms with Crippen molar-refractivity contribution in [1.29, 1.82) is 0 Å². The van der Waals surface area contributed by atoms with E-state index in [1.165, 1.54) is 4.88 Å². The Hall–Kier alpha value is -2.27. The van der Waals surface area contributed by atoms with Crippen molar-refractivity contribution in [2.75, 3.05) is 6.54 Å². The zero-order chi connectivity index (χ0) is 17.4. The summed E-state index contributed by atoms with van der Waals surface area (Å²) in [6.45, 7) is 5.57. The third-order valence-electron chi connectivity index (χ3n) is 5.08. The van der Waals surface area contributed by atoms with Crippen LogP contribution >= 0.6 is 11.3 Å². The van der Waals surface area contributed by atoms with Gasteiger partial charge >= 0.3 is 0 Å². The molecule has 4 heterocycles. The molecule has 0 N–H and O–H groups in total. The van der Waals surface area contributed by atoms with E-state index in [1.807, 2.05) is 36.9 Å². The van der Waals surface area contributed by atoms with Crippen LogP contribution in [0.15, 0.2) is 46.4 Å². The zero-order valence-electron chi connectivity index (χ0n) is 14.6. The van der Waals surface area contributed by atoms with Gasteiger partial charge in [-0.2, -0.15) is 0 Å². The number of aromatic nitrogens is 1. The molecule has 1 unspecified atom stereocenters. The second kappa shape index (κ2) is 6.56. The highest BCUT2D eigenvalue weighted by molar-refractivity contribution is 7.10. The minimum atomic E-state index is 0.148. The molecule has 1 fully saturated rings. The summed E-state index contributed by atoms with van der Waals surface area (Å²) in [5.41, 5.74) is 2.91. The van der Waals surface area contributed by atoms with Crippen LogP contribution in [-0.2, 0) is 6.54 Å². The molecule has 3 aromatic heterocycles. The van der Waals surface area contributed by atoms with Gasteiger partial charge in [0.15, 0.2) is 0 Å². The summed E-state index contributed by atoms with van der Waals surface area (Å²) in [4.78, 5) is 16.6. The predicted octanol–water partition coefficient (Wildman–Crippen LogP) is 4.79. The van der Waals surface area contributed by atoms with E-state index in [9.17, 15) is 4.79 Å². The molecular weight excluding hydrogens is 332 g/mol. The molecule has 1 atom stereocenters. The lowest BCUT2D eigenvalue weighted by Gasteiger charge is -2.24. The third kappa shape index (κ3) is 2.93. The fourth-order valence-electron chi connectivity index (χ4n) is 3.76. The van der Waals surface area contributed by atoms with E-state index in [4.69, 9.17) is 4.42 Å². The Labute approximate surface area is 151 Å². The molecule has 4 rings (SSSR count). The van der Waals surface area contributed by atoms with E-state index >= 15 is 0 Å². The zero-order valence-corrected chi connectivity index (χ0v) is 15.4. The van der Waals surface area contributed by atoms with Crippen LogP contribution in [0.4, 0.5) is 0 Å². The SMILES string of the molecule is Cc1cc(C(=O)N2CCCC2c2cccs2)c(C)n1Cc1ccco1. The minimum absolute atomic E-state index is 0.148. The molecule has 0 spiro atoms. The molecular formula is C20H22N2O2S. The second-order valence-corrected chi connectivity index (χ2v) is 7.60. The maximum atomic E-state index is 13.2. The summed E-state index contributed by atoms with van der Waals surface area (Å²) in [6.07, 6.45) is 3.81. The monoisotopic (exact) mass is 354 g/mol.